The van der Waals surface area contributed by atoms with Crippen molar-refractivity contribution < 1.29 is 9.59 Å². The summed E-state index contributed by atoms with van der Waals surface area (Å²) in [7, 11) is 0. The molecule has 0 unspecified atom stereocenters. The molecular weight excluding hydrogens is 236 g/mol. The number of hydrogen-bond donors (Lipinski definition) is 2. The predicted molar refractivity (Wildman–Crippen MR) is 64.5 cm³/mol. The van der Waals surface area contributed by atoms with Gasteiger partial charge in [-0.1, -0.05) is 11.8 Å². The topological polar surface area (TPSA) is 107 Å². The number of nitrogen functional groups attached to an aromatic ring is 1. The molecule has 3 N–H and O–H groups in total. The van der Waals surface area contributed by atoms with Gasteiger partial charge in [-0.25, -0.2) is 4.79 Å². The lowest BCUT2D eigenvalue weighted by Gasteiger charge is -2.02. The molecule has 0 aromatic carbocycles. The third-order valence-electron chi connectivity index (χ3n) is 1.94. The van der Waals surface area contributed by atoms with Crippen molar-refractivity contribution in [3.05, 3.63) is 22.2 Å². The zero-order valence-corrected chi connectivity index (χ0v) is 9.77. The lowest BCUT2D eigenvalue weighted by molar-refractivity contribution is -0.118. The fourth-order valence-electron chi connectivity index (χ4n) is 1.12. The maximum Gasteiger partial charge on any atom is 0.349 e. The summed E-state index contributed by atoms with van der Waals surface area (Å²) in [4.78, 5) is 35.8. The van der Waals surface area contributed by atoms with Gasteiger partial charge in [0.15, 0.2) is 0 Å². The fraction of sp³-hybridized carbons (Fsp3) is 0.273. The number of nitrogens with one attached hydrogen (secondary N) is 1. The Hall–Kier alpha value is -2.62. The quantitative estimate of drug-likeness (QED) is 0.500. The molecule has 1 amide bonds. The minimum Gasteiger partial charge on any atom is -0.382 e. The van der Waals surface area contributed by atoms with Crippen molar-refractivity contribution in [2.24, 2.45) is 0 Å². The van der Waals surface area contributed by atoms with Crippen LogP contribution < -0.4 is 16.7 Å². The summed E-state index contributed by atoms with van der Waals surface area (Å²) in [5.41, 5.74) is 5.26. The minimum atomic E-state index is -0.605. The van der Waals surface area contributed by atoms with Gasteiger partial charge in [0.2, 0.25) is 5.91 Å². The zero-order chi connectivity index (χ0) is 13.5. The van der Waals surface area contributed by atoms with Gasteiger partial charge in [0, 0.05) is 13.1 Å². The molecule has 1 aromatic heterocycles. The van der Waals surface area contributed by atoms with Gasteiger partial charge in [-0.15, -0.1) is 0 Å². The molecule has 0 saturated carbocycles. The molecule has 18 heavy (non-hydrogen) atoms. The Balaban J connectivity index is 2.94. The normalized spacial score (nSPS) is 9.17. The van der Waals surface area contributed by atoms with Gasteiger partial charge >= 0.3 is 5.69 Å². The molecule has 7 nitrogen and oxygen atoms in total. The smallest absolute Gasteiger partial charge is 0.349 e. The molecule has 1 rings (SSSR count). The number of carbonyl (C=O) groups excluding carboxylic acids is 2. The number of hydrogen-bond acceptors (Lipinski definition) is 5. The Bertz CT molecular complexity index is 580. The molecule has 0 atom stereocenters. The molecule has 0 saturated heterocycles. The third-order valence-corrected chi connectivity index (χ3v) is 1.94. The zero-order valence-electron chi connectivity index (χ0n) is 9.77. The number of amides is 1. The van der Waals surface area contributed by atoms with Gasteiger partial charge in [0.25, 0.3) is 0 Å². The number of rotatable bonds is 3. The van der Waals surface area contributed by atoms with Gasteiger partial charge in [0.05, 0.1) is 18.7 Å². The number of nitrogens with two attached hydrogens (primary N) is 1. The highest BCUT2D eigenvalue weighted by Crippen LogP contribution is 2.01. The summed E-state index contributed by atoms with van der Waals surface area (Å²) in [6.45, 7) is 1.44. The van der Waals surface area contributed by atoms with Crippen molar-refractivity contribution in [2.45, 2.75) is 13.5 Å². The number of anilines is 1. The fourth-order valence-corrected chi connectivity index (χ4v) is 1.12. The largest absolute Gasteiger partial charge is 0.382 e. The van der Waals surface area contributed by atoms with Crippen LogP contribution in [0.15, 0.2) is 11.0 Å². The Kier molecular flexibility index (Phi) is 4.63. The SMILES string of the molecule is CC(=O)NCC#Cc1cn(CC=O)c(=O)nc1N. The third kappa shape index (κ3) is 3.75. The van der Waals surface area contributed by atoms with Crippen LogP contribution in [0, 0.1) is 11.8 Å². The molecule has 0 aliphatic heterocycles. The van der Waals surface area contributed by atoms with E-state index in [0.717, 1.165) is 4.57 Å². The summed E-state index contributed by atoms with van der Waals surface area (Å²) in [6, 6.07) is 0. The highest BCUT2D eigenvalue weighted by atomic mass is 16.2. The van der Waals surface area contributed by atoms with Crippen molar-refractivity contribution in [1.29, 1.82) is 0 Å². The van der Waals surface area contributed by atoms with E-state index in [1.165, 1.54) is 13.1 Å². The lowest BCUT2D eigenvalue weighted by atomic mass is 10.3. The molecular formula is C11H12N4O3. The molecule has 0 fully saturated rings. The summed E-state index contributed by atoms with van der Waals surface area (Å²) < 4.78 is 1.10. The van der Waals surface area contributed by atoms with Crippen LogP contribution in [0.4, 0.5) is 5.82 Å². The molecule has 1 heterocycles. The average Bonchev–Trinajstić information content (AvgIpc) is 2.29. The number of aromatic nitrogens is 2. The van der Waals surface area contributed by atoms with Crippen LogP contribution >= 0.6 is 0 Å². The van der Waals surface area contributed by atoms with Crippen molar-refractivity contribution in [2.75, 3.05) is 12.3 Å². The molecule has 94 valence electrons. The highest BCUT2D eigenvalue weighted by molar-refractivity contribution is 5.73. The number of nitrogens with zero attached hydrogens (tertiary/aromatic N) is 2. The van der Waals surface area contributed by atoms with E-state index < -0.39 is 5.69 Å². The summed E-state index contributed by atoms with van der Waals surface area (Å²) in [6.07, 6.45) is 1.94. The van der Waals surface area contributed by atoms with Crippen molar-refractivity contribution in [3.63, 3.8) is 0 Å². The second-order valence-electron chi connectivity index (χ2n) is 3.35. The first-order chi connectivity index (χ1) is 8.54. The molecule has 7 heteroatoms. The number of aldehydes is 1. The van der Waals surface area contributed by atoms with Crippen LogP contribution in [-0.4, -0.2) is 28.3 Å². The van der Waals surface area contributed by atoms with Crippen LogP contribution in [0.1, 0.15) is 12.5 Å². The van der Waals surface area contributed by atoms with Gasteiger partial charge < -0.3 is 15.8 Å². The molecule has 0 aliphatic carbocycles. The van der Waals surface area contributed by atoms with Crippen LogP contribution in [-0.2, 0) is 16.1 Å². The Morgan fingerprint density at radius 1 is 1.67 bits per heavy atom. The molecule has 0 radical (unpaired) electrons. The van der Waals surface area contributed by atoms with Crippen LogP contribution in [0.2, 0.25) is 0 Å². The summed E-state index contributed by atoms with van der Waals surface area (Å²) in [5, 5.41) is 2.49. The first-order valence-corrected chi connectivity index (χ1v) is 5.08. The second-order valence-corrected chi connectivity index (χ2v) is 3.35. The Morgan fingerprint density at radius 2 is 2.39 bits per heavy atom. The van der Waals surface area contributed by atoms with E-state index in [2.05, 4.69) is 22.1 Å². The molecule has 0 bridgehead atoms. The summed E-state index contributed by atoms with van der Waals surface area (Å²) >= 11 is 0. The standard InChI is InChI=1S/C11H12N4O3/c1-8(17)13-4-2-3-9-7-15(5-6-16)11(18)14-10(9)12/h6-7H,4-5H2,1H3,(H,13,17)(H2,12,14,18). The predicted octanol–water partition coefficient (Wildman–Crippen LogP) is -1.49. The van der Waals surface area contributed by atoms with Gasteiger partial charge in [-0.2, -0.15) is 4.98 Å². The maximum absolute atomic E-state index is 11.3. The molecule has 1 aromatic rings. The minimum absolute atomic E-state index is 0.00234. The second kappa shape index (κ2) is 6.20. The van der Waals surface area contributed by atoms with E-state index in [1.807, 2.05) is 0 Å². The molecule has 0 aliphatic rings. The van der Waals surface area contributed by atoms with E-state index in [9.17, 15) is 14.4 Å². The van der Waals surface area contributed by atoms with E-state index in [-0.39, 0.29) is 24.8 Å². The van der Waals surface area contributed by atoms with Gasteiger partial charge in [0.1, 0.15) is 12.1 Å². The first kappa shape index (κ1) is 13.4. The Labute approximate surface area is 103 Å². The monoisotopic (exact) mass is 248 g/mol. The van der Waals surface area contributed by atoms with Crippen LogP contribution in [0.25, 0.3) is 0 Å². The van der Waals surface area contributed by atoms with Crippen LogP contribution in [0.5, 0.6) is 0 Å². The summed E-state index contributed by atoms with van der Waals surface area (Å²) in [5.74, 6) is 5.13. The van der Waals surface area contributed by atoms with E-state index >= 15 is 0 Å². The Morgan fingerprint density at radius 3 is 3.00 bits per heavy atom. The van der Waals surface area contributed by atoms with Crippen molar-refractivity contribution in [1.82, 2.24) is 14.9 Å². The van der Waals surface area contributed by atoms with Crippen molar-refractivity contribution >= 4 is 18.0 Å². The van der Waals surface area contributed by atoms with Crippen LogP contribution in [0.3, 0.4) is 0 Å². The number of carbonyl (C=O) groups is 2. The van der Waals surface area contributed by atoms with E-state index in [0.29, 0.717) is 11.8 Å². The van der Waals surface area contributed by atoms with Gasteiger partial charge in [-0.05, 0) is 0 Å². The first-order valence-electron chi connectivity index (χ1n) is 5.08. The van der Waals surface area contributed by atoms with Crippen molar-refractivity contribution in [3.8, 4) is 11.8 Å². The average molecular weight is 248 g/mol. The van der Waals surface area contributed by atoms with E-state index in [4.69, 9.17) is 5.73 Å². The lowest BCUT2D eigenvalue weighted by Crippen LogP contribution is -2.25. The van der Waals surface area contributed by atoms with E-state index in [1.54, 1.807) is 0 Å². The maximum atomic E-state index is 11.3. The molecule has 0 spiro atoms. The van der Waals surface area contributed by atoms with Gasteiger partial charge in [-0.3, -0.25) is 9.36 Å². The highest BCUT2D eigenvalue weighted by Gasteiger charge is 2.03.